The minimum Gasteiger partial charge on any atom is -0.489 e. The summed E-state index contributed by atoms with van der Waals surface area (Å²) in [6, 6.07) is 11.9. The molecule has 2 aromatic rings. The quantitative estimate of drug-likeness (QED) is 0.906. The standard InChI is InChI=1S/C16H17ClFNO/c1-11(19)8-13-9-15(18)6-7-16(13)20-10-12-2-4-14(17)5-3-12/h2-7,9,11H,8,10,19H2,1H3. The van der Waals surface area contributed by atoms with Crippen molar-refractivity contribution < 1.29 is 9.13 Å². The van der Waals surface area contributed by atoms with Crippen LogP contribution in [0.25, 0.3) is 0 Å². The Labute approximate surface area is 123 Å². The molecule has 2 N–H and O–H groups in total. The highest BCUT2D eigenvalue weighted by Gasteiger charge is 2.08. The number of hydrogen-bond acceptors (Lipinski definition) is 2. The van der Waals surface area contributed by atoms with Crippen LogP contribution in [0.2, 0.25) is 5.02 Å². The third-order valence-corrected chi connectivity index (χ3v) is 3.12. The van der Waals surface area contributed by atoms with E-state index in [-0.39, 0.29) is 11.9 Å². The van der Waals surface area contributed by atoms with Crippen molar-refractivity contribution in [2.45, 2.75) is 26.0 Å². The van der Waals surface area contributed by atoms with Crippen molar-refractivity contribution in [1.29, 1.82) is 0 Å². The van der Waals surface area contributed by atoms with E-state index in [4.69, 9.17) is 22.1 Å². The molecule has 0 saturated heterocycles. The maximum atomic E-state index is 13.3. The summed E-state index contributed by atoms with van der Waals surface area (Å²) in [6.45, 7) is 2.29. The van der Waals surface area contributed by atoms with Crippen molar-refractivity contribution in [1.82, 2.24) is 0 Å². The summed E-state index contributed by atoms with van der Waals surface area (Å²) in [5.41, 5.74) is 7.57. The molecular formula is C16H17ClFNO. The van der Waals surface area contributed by atoms with Crippen molar-refractivity contribution in [2.24, 2.45) is 5.73 Å². The van der Waals surface area contributed by atoms with Gasteiger partial charge in [0.1, 0.15) is 18.2 Å². The van der Waals surface area contributed by atoms with Crippen LogP contribution in [0.5, 0.6) is 5.75 Å². The van der Waals surface area contributed by atoms with Gasteiger partial charge in [0, 0.05) is 11.1 Å². The van der Waals surface area contributed by atoms with Gasteiger partial charge in [0.25, 0.3) is 0 Å². The smallest absolute Gasteiger partial charge is 0.123 e. The van der Waals surface area contributed by atoms with E-state index in [2.05, 4.69) is 0 Å². The Morgan fingerprint density at radius 1 is 1.20 bits per heavy atom. The molecule has 0 heterocycles. The molecule has 20 heavy (non-hydrogen) atoms. The van der Waals surface area contributed by atoms with Crippen LogP contribution >= 0.6 is 11.6 Å². The number of nitrogens with two attached hydrogens (primary N) is 1. The zero-order valence-corrected chi connectivity index (χ0v) is 12.0. The molecule has 0 amide bonds. The zero-order valence-electron chi connectivity index (χ0n) is 11.3. The number of rotatable bonds is 5. The van der Waals surface area contributed by atoms with E-state index in [9.17, 15) is 4.39 Å². The molecule has 2 rings (SSSR count). The molecule has 0 aliphatic rings. The molecule has 0 aromatic heterocycles. The topological polar surface area (TPSA) is 35.2 Å². The highest BCUT2D eigenvalue weighted by Crippen LogP contribution is 2.22. The molecule has 0 fully saturated rings. The van der Waals surface area contributed by atoms with Crippen LogP contribution in [0.1, 0.15) is 18.1 Å². The first-order chi connectivity index (χ1) is 9.54. The number of hydrogen-bond donors (Lipinski definition) is 1. The lowest BCUT2D eigenvalue weighted by Crippen LogP contribution is -2.18. The van der Waals surface area contributed by atoms with E-state index in [1.54, 1.807) is 6.07 Å². The van der Waals surface area contributed by atoms with E-state index in [1.807, 2.05) is 31.2 Å². The molecule has 0 aliphatic carbocycles. The normalized spacial score (nSPS) is 12.2. The summed E-state index contributed by atoms with van der Waals surface area (Å²) >= 11 is 5.83. The highest BCUT2D eigenvalue weighted by atomic mass is 35.5. The number of benzene rings is 2. The van der Waals surface area contributed by atoms with Crippen LogP contribution in [0.3, 0.4) is 0 Å². The van der Waals surface area contributed by atoms with E-state index < -0.39 is 0 Å². The molecule has 2 aromatic carbocycles. The third-order valence-electron chi connectivity index (χ3n) is 2.87. The molecule has 0 spiro atoms. The molecule has 0 aliphatic heterocycles. The lowest BCUT2D eigenvalue weighted by molar-refractivity contribution is 0.302. The van der Waals surface area contributed by atoms with E-state index in [0.29, 0.717) is 23.8 Å². The summed E-state index contributed by atoms with van der Waals surface area (Å²) in [5, 5.41) is 0.688. The predicted molar refractivity (Wildman–Crippen MR) is 79.5 cm³/mol. The van der Waals surface area contributed by atoms with Gasteiger partial charge < -0.3 is 10.5 Å². The highest BCUT2D eigenvalue weighted by molar-refractivity contribution is 6.30. The molecule has 2 nitrogen and oxygen atoms in total. The fraction of sp³-hybridized carbons (Fsp3) is 0.250. The van der Waals surface area contributed by atoms with Gasteiger partial charge in [-0.2, -0.15) is 0 Å². The Kier molecular flexibility index (Phi) is 4.99. The zero-order chi connectivity index (χ0) is 14.5. The molecule has 106 valence electrons. The van der Waals surface area contributed by atoms with Gasteiger partial charge in [0.15, 0.2) is 0 Å². The average Bonchev–Trinajstić information content (AvgIpc) is 2.39. The van der Waals surface area contributed by atoms with Gasteiger partial charge in [-0.05, 0) is 54.8 Å². The summed E-state index contributed by atoms with van der Waals surface area (Å²) in [6.07, 6.45) is 0.577. The Morgan fingerprint density at radius 3 is 2.55 bits per heavy atom. The molecule has 0 saturated carbocycles. The largest absolute Gasteiger partial charge is 0.489 e. The second-order valence-electron chi connectivity index (χ2n) is 4.85. The van der Waals surface area contributed by atoms with Crippen LogP contribution in [0.4, 0.5) is 4.39 Å². The van der Waals surface area contributed by atoms with Crippen LogP contribution < -0.4 is 10.5 Å². The average molecular weight is 294 g/mol. The molecule has 0 radical (unpaired) electrons. The van der Waals surface area contributed by atoms with E-state index in [1.165, 1.54) is 12.1 Å². The summed E-state index contributed by atoms with van der Waals surface area (Å²) in [5.74, 6) is 0.387. The first-order valence-electron chi connectivity index (χ1n) is 6.46. The van der Waals surface area contributed by atoms with Gasteiger partial charge in [0.2, 0.25) is 0 Å². The van der Waals surface area contributed by atoms with Gasteiger partial charge >= 0.3 is 0 Å². The fourth-order valence-electron chi connectivity index (χ4n) is 1.94. The maximum Gasteiger partial charge on any atom is 0.123 e. The van der Waals surface area contributed by atoms with Crippen molar-refractivity contribution in [3.8, 4) is 5.75 Å². The van der Waals surface area contributed by atoms with Crippen LogP contribution in [0, 0.1) is 5.82 Å². The maximum absolute atomic E-state index is 13.3. The predicted octanol–water partition coefficient (Wildman–Crippen LogP) is 3.95. The van der Waals surface area contributed by atoms with Crippen LogP contribution in [-0.4, -0.2) is 6.04 Å². The first-order valence-corrected chi connectivity index (χ1v) is 6.83. The second-order valence-corrected chi connectivity index (χ2v) is 5.29. The van der Waals surface area contributed by atoms with Gasteiger partial charge in [-0.25, -0.2) is 4.39 Å². The number of halogens is 2. The van der Waals surface area contributed by atoms with Crippen LogP contribution in [0.15, 0.2) is 42.5 Å². The third kappa shape index (κ3) is 4.22. The number of ether oxygens (including phenoxy) is 1. The summed E-state index contributed by atoms with van der Waals surface area (Å²) in [4.78, 5) is 0. The monoisotopic (exact) mass is 293 g/mol. The van der Waals surface area contributed by atoms with Gasteiger partial charge in [-0.3, -0.25) is 0 Å². The van der Waals surface area contributed by atoms with Gasteiger partial charge in [-0.15, -0.1) is 0 Å². The van der Waals surface area contributed by atoms with Crippen LogP contribution in [-0.2, 0) is 13.0 Å². The van der Waals surface area contributed by atoms with Crippen molar-refractivity contribution in [3.63, 3.8) is 0 Å². The Morgan fingerprint density at radius 2 is 1.90 bits per heavy atom. The van der Waals surface area contributed by atoms with E-state index >= 15 is 0 Å². The molecule has 0 bridgehead atoms. The minimum atomic E-state index is -0.278. The lowest BCUT2D eigenvalue weighted by atomic mass is 10.1. The van der Waals surface area contributed by atoms with Crippen molar-refractivity contribution in [3.05, 3.63) is 64.4 Å². The lowest BCUT2D eigenvalue weighted by Gasteiger charge is -2.13. The molecule has 1 unspecified atom stereocenters. The van der Waals surface area contributed by atoms with Crippen molar-refractivity contribution in [2.75, 3.05) is 0 Å². The summed E-state index contributed by atoms with van der Waals surface area (Å²) < 4.78 is 19.0. The SMILES string of the molecule is CC(N)Cc1cc(F)ccc1OCc1ccc(Cl)cc1. The first kappa shape index (κ1) is 14.8. The Hall–Kier alpha value is -1.58. The van der Waals surface area contributed by atoms with Gasteiger partial charge in [-0.1, -0.05) is 23.7 Å². The fourth-order valence-corrected chi connectivity index (χ4v) is 2.06. The molecule has 4 heteroatoms. The molecule has 1 atom stereocenters. The Bertz CT molecular complexity index is 569. The van der Waals surface area contributed by atoms with Crippen molar-refractivity contribution >= 4 is 11.6 Å². The minimum absolute atomic E-state index is 0.0466. The van der Waals surface area contributed by atoms with E-state index in [0.717, 1.165) is 11.1 Å². The second kappa shape index (κ2) is 6.73. The van der Waals surface area contributed by atoms with Gasteiger partial charge in [0.05, 0.1) is 0 Å². The molecular weight excluding hydrogens is 277 g/mol. The summed E-state index contributed by atoms with van der Waals surface area (Å²) in [7, 11) is 0. The Balaban J connectivity index is 2.10.